The molecule has 1 aromatic carbocycles. The van der Waals surface area contributed by atoms with Crippen LogP contribution >= 0.6 is 12.4 Å². The van der Waals surface area contributed by atoms with E-state index in [4.69, 9.17) is 0 Å². The van der Waals surface area contributed by atoms with Crippen molar-refractivity contribution in [2.75, 3.05) is 0 Å². The molecule has 0 saturated carbocycles. The molecular formula is C15H17ClN4O3. The molecule has 1 amide bonds. The number of carbonyl (C=O) groups is 1. The van der Waals surface area contributed by atoms with Crippen LogP contribution in [0.5, 0.6) is 0 Å². The molecule has 8 heteroatoms. The summed E-state index contributed by atoms with van der Waals surface area (Å²) in [5.74, 6) is -0.504. The molecule has 7 nitrogen and oxygen atoms in total. The van der Waals surface area contributed by atoms with Gasteiger partial charge in [-0.3, -0.25) is 14.2 Å². The van der Waals surface area contributed by atoms with E-state index in [1.807, 2.05) is 18.2 Å². The van der Waals surface area contributed by atoms with E-state index < -0.39 is 17.2 Å². The van der Waals surface area contributed by atoms with Gasteiger partial charge in [-0.25, -0.2) is 4.79 Å². The maximum absolute atomic E-state index is 12.1. The minimum Gasteiger partial charge on any atom is -0.348 e. The molecule has 23 heavy (non-hydrogen) atoms. The van der Waals surface area contributed by atoms with Gasteiger partial charge in [-0.2, -0.15) is 0 Å². The van der Waals surface area contributed by atoms with Crippen LogP contribution in [0.15, 0.2) is 34.0 Å². The Hall–Kier alpha value is -2.38. The Balaban J connectivity index is 0.00000192. The highest BCUT2D eigenvalue weighted by Crippen LogP contribution is 2.16. The SMILES string of the molecule is Cl.Cn1c(=O)[nH]cc(C(=O)NCc2ccc3c(c2)CNC3)c1=O. The topological polar surface area (TPSA) is 96.0 Å². The number of H-pyrrole nitrogens is 1. The molecule has 0 atom stereocenters. The van der Waals surface area contributed by atoms with Gasteiger partial charge in [-0.1, -0.05) is 18.2 Å². The maximum atomic E-state index is 12.1. The second-order valence-corrected chi connectivity index (χ2v) is 5.26. The first-order chi connectivity index (χ1) is 10.6. The predicted octanol–water partition coefficient (Wildman–Crippen LogP) is 0.0286. The van der Waals surface area contributed by atoms with Crippen LogP contribution in [0.3, 0.4) is 0 Å². The van der Waals surface area contributed by atoms with Crippen molar-refractivity contribution in [3.8, 4) is 0 Å². The van der Waals surface area contributed by atoms with Gasteiger partial charge in [-0.05, 0) is 16.7 Å². The highest BCUT2D eigenvalue weighted by molar-refractivity contribution is 5.93. The lowest BCUT2D eigenvalue weighted by atomic mass is 10.1. The molecule has 3 rings (SSSR count). The minimum absolute atomic E-state index is 0. The summed E-state index contributed by atoms with van der Waals surface area (Å²) in [4.78, 5) is 37.6. The van der Waals surface area contributed by atoms with Crippen LogP contribution in [0, 0.1) is 0 Å². The molecule has 2 aromatic rings. The first kappa shape index (κ1) is 17.0. The number of fused-ring (bicyclic) bond motifs is 1. The van der Waals surface area contributed by atoms with Gasteiger partial charge in [0, 0.05) is 32.9 Å². The number of nitrogens with zero attached hydrogens (tertiary/aromatic N) is 1. The van der Waals surface area contributed by atoms with Gasteiger partial charge in [0.25, 0.3) is 11.5 Å². The average molecular weight is 337 g/mol. The molecule has 1 aliphatic rings. The number of amides is 1. The highest BCUT2D eigenvalue weighted by atomic mass is 35.5. The zero-order valence-electron chi connectivity index (χ0n) is 12.5. The third-order valence-corrected chi connectivity index (χ3v) is 3.78. The Morgan fingerprint density at radius 3 is 2.78 bits per heavy atom. The number of benzene rings is 1. The number of halogens is 1. The van der Waals surface area contributed by atoms with Gasteiger partial charge in [0.05, 0.1) is 0 Å². The average Bonchev–Trinajstić information content (AvgIpc) is 2.98. The van der Waals surface area contributed by atoms with E-state index in [0.29, 0.717) is 6.54 Å². The molecule has 0 spiro atoms. The maximum Gasteiger partial charge on any atom is 0.328 e. The summed E-state index contributed by atoms with van der Waals surface area (Å²) in [7, 11) is 1.32. The van der Waals surface area contributed by atoms with Crippen LogP contribution in [0.25, 0.3) is 0 Å². The van der Waals surface area contributed by atoms with E-state index >= 15 is 0 Å². The molecule has 2 heterocycles. The van der Waals surface area contributed by atoms with E-state index in [-0.39, 0.29) is 18.0 Å². The van der Waals surface area contributed by atoms with E-state index in [0.717, 1.165) is 29.4 Å². The number of carbonyl (C=O) groups excluding carboxylic acids is 1. The minimum atomic E-state index is -0.612. The summed E-state index contributed by atoms with van der Waals surface area (Å²) in [6.07, 6.45) is 1.15. The van der Waals surface area contributed by atoms with E-state index in [1.54, 1.807) is 0 Å². The normalized spacial score (nSPS) is 12.4. The van der Waals surface area contributed by atoms with Crippen molar-refractivity contribution in [3.63, 3.8) is 0 Å². The van der Waals surface area contributed by atoms with Crippen LogP contribution < -0.4 is 21.9 Å². The summed E-state index contributed by atoms with van der Waals surface area (Å²) in [5.41, 5.74) is 2.23. The number of hydrogen-bond acceptors (Lipinski definition) is 4. The lowest BCUT2D eigenvalue weighted by Gasteiger charge is -2.07. The summed E-state index contributed by atoms with van der Waals surface area (Å²) in [6.45, 7) is 2.03. The lowest BCUT2D eigenvalue weighted by Crippen LogP contribution is -2.38. The quantitative estimate of drug-likeness (QED) is 0.736. The van der Waals surface area contributed by atoms with Crippen LogP contribution in [-0.4, -0.2) is 15.5 Å². The zero-order valence-corrected chi connectivity index (χ0v) is 13.3. The second kappa shape index (κ2) is 6.80. The van der Waals surface area contributed by atoms with Gasteiger partial charge >= 0.3 is 5.69 Å². The van der Waals surface area contributed by atoms with Crippen LogP contribution in [0.1, 0.15) is 27.0 Å². The molecule has 1 aromatic heterocycles. The fraction of sp³-hybridized carbons (Fsp3) is 0.267. The fourth-order valence-electron chi connectivity index (χ4n) is 2.46. The highest BCUT2D eigenvalue weighted by Gasteiger charge is 2.14. The second-order valence-electron chi connectivity index (χ2n) is 5.26. The van der Waals surface area contributed by atoms with Crippen molar-refractivity contribution < 1.29 is 4.79 Å². The standard InChI is InChI=1S/C15H16N4O3.ClH/c1-19-14(21)12(8-18-15(19)22)13(20)17-5-9-2-3-10-6-16-7-11(10)4-9;/h2-4,8,16H,5-7H2,1H3,(H,17,20)(H,18,22);1H. The van der Waals surface area contributed by atoms with Crippen molar-refractivity contribution in [2.45, 2.75) is 19.6 Å². The third kappa shape index (κ3) is 3.35. The molecule has 0 bridgehead atoms. The van der Waals surface area contributed by atoms with Crippen LogP contribution in [-0.2, 0) is 26.7 Å². The Morgan fingerprint density at radius 2 is 2.00 bits per heavy atom. The molecule has 0 unspecified atom stereocenters. The summed E-state index contributed by atoms with van der Waals surface area (Å²) in [6, 6.07) is 6.04. The van der Waals surface area contributed by atoms with E-state index in [9.17, 15) is 14.4 Å². The molecule has 0 saturated heterocycles. The van der Waals surface area contributed by atoms with Crippen molar-refractivity contribution in [3.05, 3.63) is 67.5 Å². The summed E-state index contributed by atoms with van der Waals surface area (Å²) < 4.78 is 0.871. The predicted molar refractivity (Wildman–Crippen MR) is 87.7 cm³/mol. The number of hydrogen-bond donors (Lipinski definition) is 3. The van der Waals surface area contributed by atoms with Crippen molar-refractivity contribution in [1.82, 2.24) is 20.2 Å². The largest absolute Gasteiger partial charge is 0.348 e. The van der Waals surface area contributed by atoms with Gasteiger partial charge in [0.2, 0.25) is 0 Å². The van der Waals surface area contributed by atoms with Gasteiger partial charge in [0.15, 0.2) is 0 Å². The Labute approximate surface area is 138 Å². The number of rotatable bonds is 3. The Kier molecular flexibility index (Phi) is 5.02. The van der Waals surface area contributed by atoms with Crippen LogP contribution in [0.2, 0.25) is 0 Å². The van der Waals surface area contributed by atoms with Crippen molar-refractivity contribution >= 4 is 18.3 Å². The number of aromatic amines is 1. The van der Waals surface area contributed by atoms with Gasteiger partial charge in [0.1, 0.15) is 5.56 Å². The Morgan fingerprint density at radius 1 is 1.26 bits per heavy atom. The van der Waals surface area contributed by atoms with Gasteiger partial charge < -0.3 is 15.6 Å². The summed E-state index contributed by atoms with van der Waals surface area (Å²) >= 11 is 0. The van der Waals surface area contributed by atoms with Crippen molar-refractivity contribution in [1.29, 1.82) is 0 Å². The fourth-order valence-corrected chi connectivity index (χ4v) is 2.46. The number of aromatic nitrogens is 2. The molecular weight excluding hydrogens is 320 g/mol. The molecule has 0 radical (unpaired) electrons. The third-order valence-electron chi connectivity index (χ3n) is 3.78. The summed E-state index contributed by atoms with van der Waals surface area (Å²) in [5, 5.41) is 5.96. The first-order valence-electron chi connectivity index (χ1n) is 6.94. The van der Waals surface area contributed by atoms with E-state index in [2.05, 4.69) is 15.6 Å². The molecule has 0 aliphatic carbocycles. The smallest absolute Gasteiger partial charge is 0.328 e. The monoisotopic (exact) mass is 336 g/mol. The van der Waals surface area contributed by atoms with Crippen LogP contribution in [0.4, 0.5) is 0 Å². The Bertz CT molecular complexity index is 857. The number of nitrogens with one attached hydrogen (secondary N) is 3. The molecule has 3 N–H and O–H groups in total. The van der Waals surface area contributed by atoms with E-state index in [1.165, 1.54) is 18.2 Å². The first-order valence-corrected chi connectivity index (χ1v) is 6.94. The lowest BCUT2D eigenvalue weighted by molar-refractivity contribution is 0.0948. The molecule has 1 aliphatic heterocycles. The molecule has 122 valence electrons. The van der Waals surface area contributed by atoms with Crippen molar-refractivity contribution in [2.24, 2.45) is 7.05 Å². The zero-order chi connectivity index (χ0) is 15.7. The molecule has 0 fully saturated rings. The van der Waals surface area contributed by atoms with Gasteiger partial charge in [-0.15, -0.1) is 12.4 Å².